The first kappa shape index (κ1) is 14.4. The molecule has 2 aromatic carbocycles. The molecule has 1 N–H and O–H groups in total. The van der Waals surface area contributed by atoms with E-state index in [1.807, 2.05) is 42.5 Å². The molecule has 2 rings (SSSR count). The molecule has 2 aromatic rings. The molecule has 98 valence electrons. The molecule has 0 spiro atoms. The monoisotopic (exact) mass is 355 g/mol. The SMILES string of the molecule is Clc1cc(Br)cc(Cl)c1NCC=Cc1ccccc1. The lowest BCUT2D eigenvalue weighted by atomic mass is 10.2. The third kappa shape index (κ3) is 4.27. The molecule has 0 aromatic heterocycles. The van der Waals surface area contributed by atoms with Crippen LogP contribution in [0.25, 0.3) is 6.08 Å². The second kappa shape index (κ2) is 6.99. The van der Waals surface area contributed by atoms with E-state index in [0.29, 0.717) is 16.6 Å². The summed E-state index contributed by atoms with van der Waals surface area (Å²) in [5.41, 5.74) is 1.92. The summed E-state index contributed by atoms with van der Waals surface area (Å²) in [4.78, 5) is 0. The molecule has 0 saturated heterocycles. The minimum absolute atomic E-state index is 0.604. The lowest BCUT2D eigenvalue weighted by Crippen LogP contribution is -1.99. The fourth-order valence-corrected chi connectivity index (χ4v) is 2.97. The quantitative estimate of drug-likeness (QED) is 0.721. The van der Waals surface area contributed by atoms with Gasteiger partial charge in [-0.25, -0.2) is 0 Å². The number of benzene rings is 2. The van der Waals surface area contributed by atoms with Gasteiger partial charge in [0.05, 0.1) is 15.7 Å². The van der Waals surface area contributed by atoms with Gasteiger partial charge in [0.15, 0.2) is 0 Å². The summed E-state index contributed by atoms with van der Waals surface area (Å²) in [5.74, 6) is 0. The summed E-state index contributed by atoms with van der Waals surface area (Å²) < 4.78 is 0.868. The molecule has 0 aliphatic carbocycles. The van der Waals surface area contributed by atoms with Gasteiger partial charge in [-0.05, 0) is 17.7 Å². The maximum atomic E-state index is 6.13. The zero-order valence-electron chi connectivity index (χ0n) is 10.0. The zero-order chi connectivity index (χ0) is 13.7. The number of anilines is 1. The van der Waals surface area contributed by atoms with Gasteiger partial charge in [0.2, 0.25) is 0 Å². The molecule has 0 aliphatic rings. The first-order chi connectivity index (χ1) is 9.16. The summed E-state index contributed by atoms with van der Waals surface area (Å²) in [7, 11) is 0. The lowest BCUT2D eigenvalue weighted by molar-refractivity contribution is 1.34. The highest BCUT2D eigenvalue weighted by Crippen LogP contribution is 2.33. The van der Waals surface area contributed by atoms with Crippen LogP contribution in [-0.2, 0) is 0 Å². The molecule has 0 atom stereocenters. The van der Waals surface area contributed by atoms with Gasteiger partial charge in [-0.1, -0.05) is 81.6 Å². The molecule has 0 radical (unpaired) electrons. The van der Waals surface area contributed by atoms with Gasteiger partial charge < -0.3 is 5.32 Å². The van der Waals surface area contributed by atoms with E-state index in [4.69, 9.17) is 23.2 Å². The van der Waals surface area contributed by atoms with Crippen LogP contribution in [-0.4, -0.2) is 6.54 Å². The van der Waals surface area contributed by atoms with E-state index in [1.54, 1.807) is 0 Å². The van der Waals surface area contributed by atoms with Crippen LogP contribution in [0, 0.1) is 0 Å². The van der Waals surface area contributed by atoms with Crippen LogP contribution < -0.4 is 5.32 Å². The second-order valence-electron chi connectivity index (χ2n) is 3.94. The predicted octanol–water partition coefficient (Wildman–Crippen LogP) is 5.88. The number of halogens is 3. The van der Waals surface area contributed by atoms with Gasteiger partial charge in [0.25, 0.3) is 0 Å². The minimum atomic E-state index is 0.604. The summed E-state index contributed by atoms with van der Waals surface area (Å²) in [6.45, 7) is 0.663. The Kier molecular flexibility index (Phi) is 5.32. The predicted molar refractivity (Wildman–Crippen MR) is 88.1 cm³/mol. The van der Waals surface area contributed by atoms with Gasteiger partial charge in [-0.3, -0.25) is 0 Å². The largest absolute Gasteiger partial charge is 0.379 e. The normalized spacial score (nSPS) is 10.9. The molecule has 19 heavy (non-hydrogen) atoms. The van der Waals surface area contributed by atoms with Crippen molar-refractivity contribution in [3.05, 3.63) is 68.6 Å². The van der Waals surface area contributed by atoms with E-state index in [9.17, 15) is 0 Å². The molecule has 0 aliphatic heterocycles. The van der Waals surface area contributed by atoms with Crippen LogP contribution >= 0.6 is 39.1 Å². The maximum absolute atomic E-state index is 6.13. The van der Waals surface area contributed by atoms with Crippen molar-refractivity contribution in [2.75, 3.05) is 11.9 Å². The van der Waals surface area contributed by atoms with Gasteiger partial charge in [0, 0.05) is 11.0 Å². The van der Waals surface area contributed by atoms with E-state index >= 15 is 0 Å². The Bertz CT molecular complexity index is 559. The Balaban J connectivity index is 1.98. The van der Waals surface area contributed by atoms with Crippen molar-refractivity contribution in [2.45, 2.75) is 0 Å². The van der Waals surface area contributed by atoms with Crippen molar-refractivity contribution in [1.82, 2.24) is 0 Å². The standard InChI is InChI=1S/C15H12BrCl2N/c16-12-9-13(17)15(14(18)10-12)19-8-4-7-11-5-2-1-3-6-11/h1-7,9-10,19H,8H2. The summed E-state index contributed by atoms with van der Waals surface area (Å²) in [6.07, 6.45) is 4.08. The van der Waals surface area contributed by atoms with Crippen LogP contribution in [0.1, 0.15) is 5.56 Å². The Morgan fingerprint density at radius 2 is 1.68 bits per heavy atom. The van der Waals surface area contributed by atoms with Gasteiger partial charge in [-0.15, -0.1) is 0 Å². The molecular formula is C15H12BrCl2N. The van der Waals surface area contributed by atoms with Crippen LogP contribution in [0.2, 0.25) is 10.0 Å². The van der Waals surface area contributed by atoms with E-state index < -0.39 is 0 Å². The highest BCUT2D eigenvalue weighted by Gasteiger charge is 2.05. The van der Waals surface area contributed by atoms with E-state index in [1.165, 1.54) is 0 Å². The second-order valence-corrected chi connectivity index (χ2v) is 5.67. The number of hydrogen-bond donors (Lipinski definition) is 1. The average molecular weight is 357 g/mol. The molecular weight excluding hydrogens is 345 g/mol. The highest BCUT2D eigenvalue weighted by molar-refractivity contribution is 9.10. The number of rotatable bonds is 4. The van der Waals surface area contributed by atoms with Crippen molar-refractivity contribution < 1.29 is 0 Å². The molecule has 0 unspecified atom stereocenters. The number of nitrogens with one attached hydrogen (secondary N) is 1. The molecule has 0 amide bonds. The van der Waals surface area contributed by atoms with Gasteiger partial charge in [-0.2, -0.15) is 0 Å². The van der Waals surface area contributed by atoms with Crippen LogP contribution in [0.3, 0.4) is 0 Å². The van der Waals surface area contributed by atoms with Crippen LogP contribution in [0.5, 0.6) is 0 Å². The molecule has 4 heteroatoms. The Labute approximate surface area is 131 Å². The van der Waals surface area contributed by atoms with Crippen molar-refractivity contribution in [2.24, 2.45) is 0 Å². The van der Waals surface area contributed by atoms with E-state index in [0.717, 1.165) is 15.7 Å². The first-order valence-corrected chi connectivity index (χ1v) is 7.32. The first-order valence-electron chi connectivity index (χ1n) is 5.77. The third-order valence-corrected chi connectivity index (χ3v) is 3.57. The Hall–Kier alpha value is -0.960. The van der Waals surface area contributed by atoms with E-state index in [-0.39, 0.29) is 0 Å². The van der Waals surface area contributed by atoms with E-state index in [2.05, 4.69) is 33.4 Å². The average Bonchev–Trinajstić information content (AvgIpc) is 2.38. The highest BCUT2D eigenvalue weighted by atomic mass is 79.9. The molecule has 0 bridgehead atoms. The Morgan fingerprint density at radius 3 is 2.32 bits per heavy atom. The fourth-order valence-electron chi connectivity index (χ4n) is 1.63. The minimum Gasteiger partial charge on any atom is -0.379 e. The topological polar surface area (TPSA) is 12.0 Å². The summed E-state index contributed by atoms with van der Waals surface area (Å²) in [5, 5.41) is 4.42. The van der Waals surface area contributed by atoms with Crippen LogP contribution in [0.4, 0.5) is 5.69 Å². The van der Waals surface area contributed by atoms with Crippen molar-refractivity contribution in [3.8, 4) is 0 Å². The number of hydrogen-bond acceptors (Lipinski definition) is 1. The molecule has 0 heterocycles. The third-order valence-electron chi connectivity index (χ3n) is 2.51. The fraction of sp³-hybridized carbons (Fsp3) is 0.0667. The zero-order valence-corrected chi connectivity index (χ0v) is 13.1. The molecule has 0 fully saturated rings. The Morgan fingerprint density at radius 1 is 1.05 bits per heavy atom. The molecule has 0 saturated carbocycles. The maximum Gasteiger partial charge on any atom is 0.0722 e. The van der Waals surface area contributed by atoms with Gasteiger partial charge >= 0.3 is 0 Å². The smallest absolute Gasteiger partial charge is 0.0722 e. The molecule has 1 nitrogen and oxygen atoms in total. The van der Waals surface area contributed by atoms with Gasteiger partial charge in [0.1, 0.15) is 0 Å². The van der Waals surface area contributed by atoms with Crippen molar-refractivity contribution in [3.63, 3.8) is 0 Å². The van der Waals surface area contributed by atoms with Crippen molar-refractivity contribution in [1.29, 1.82) is 0 Å². The van der Waals surface area contributed by atoms with Crippen LogP contribution in [0.15, 0.2) is 53.0 Å². The summed E-state index contributed by atoms with van der Waals surface area (Å²) in [6, 6.07) is 13.8. The van der Waals surface area contributed by atoms with Crippen molar-refractivity contribution >= 4 is 50.9 Å². The lowest BCUT2D eigenvalue weighted by Gasteiger charge is -2.09. The summed E-state index contributed by atoms with van der Waals surface area (Å²) >= 11 is 15.6.